The first kappa shape index (κ1) is 15.7. The Labute approximate surface area is 124 Å². The minimum Gasteiger partial charge on any atom is -0.405 e. The van der Waals surface area contributed by atoms with E-state index < -0.39 is 18.2 Å². The number of thioether (sulfide) groups is 1. The van der Waals surface area contributed by atoms with Gasteiger partial charge in [0.15, 0.2) is 0 Å². The molecule has 21 heavy (non-hydrogen) atoms. The zero-order valence-electron chi connectivity index (χ0n) is 11.1. The second-order valence-corrected chi connectivity index (χ2v) is 5.14. The molecule has 0 aliphatic rings. The summed E-state index contributed by atoms with van der Waals surface area (Å²) in [5.74, 6) is -0.397. The van der Waals surface area contributed by atoms with Gasteiger partial charge in [0.1, 0.15) is 11.9 Å². The number of hydrogen-bond donors (Lipinski definition) is 1. The lowest BCUT2D eigenvalue weighted by Crippen LogP contribution is -2.18. The van der Waals surface area contributed by atoms with Crippen LogP contribution in [0.25, 0.3) is 0 Å². The molecule has 2 aromatic rings. The Morgan fingerprint density at radius 3 is 2.24 bits per heavy atom. The molecule has 0 radical (unpaired) electrons. The average Bonchev–Trinajstić information content (AvgIpc) is 2.45. The van der Waals surface area contributed by atoms with Crippen LogP contribution in [0.1, 0.15) is 17.2 Å². The molecule has 112 valence electrons. The van der Waals surface area contributed by atoms with E-state index in [1.807, 2.05) is 6.26 Å². The van der Waals surface area contributed by atoms with Crippen molar-refractivity contribution < 1.29 is 23.0 Å². The fraction of sp³-hybridized carbons (Fsp3) is 0.200. The summed E-state index contributed by atoms with van der Waals surface area (Å²) in [4.78, 5) is 1.01. The van der Waals surface area contributed by atoms with E-state index in [9.17, 15) is 18.3 Å². The SMILES string of the molecule is CSc1ccc(C(O)c2ccccc2OC(F)(F)F)cc1. The molecule has 6 heteroatoms. The summed E-state index contributed by atoms with van der Waals surface area (Å²) in [6, 6.07) is 12.5. The summed E-state index contributed by atoms with van der Waals surface area (Å²) in [6.45, 7) is 0. The van der Waals surface area contributed by atoms with E-state index in [0.29, 0.717) is 5.56 Å². The zero-order chi connectivity index (χ0) is 15.5. The molecule has 0 saturated carbocycles. The third-order valence-corrected chi connectivity index (χ3v) is 3.61. The molecule has 2 rings (SSSR count). The first-order chi connectivity index (χ1) is 9.90. The van der Waals surface area contributed by atoms with Gasteiger partial charge in [0.05, 0.1) is 0 Å². The lowest BCUT2D eigenvalue weighted by Gasteiger charge is -2.17. The predicted molar refractivity (Wildman–Crippen MR) is 75.4 cm³/mol. The highest BCUT2D eigenvalue weighted by Gasteiger charge is 2.32. The topological polar surface area (TPSA) is 29.5 Å². The van der Waals surface area contributed by atoms with Crippen LogP contribution in [0.3, 0.4) is 0 Å². The van der Waals surface area contributed by atoms with Crippen LogP contribution >= 0.6 is 11.8 Å². The van der Waals surface area contributed by atoms with Gasteiger partial charge in [-0.1, -0.05) is 30.3 Å². The van der Waals surface area contributed by atoms with E-state index in [-0.39, 0.29) is 5.56 Å². The molecule has 1 N–H and O–H groups in total. The Kier molecular flexibility index (Phi) is 4.80. The zero-order valence-corrected chi connectivity index (χ0v) is 11.9. The van der Waals surface area contributed by atoms with Crippen LogP contribution in [0.5, 0.6) is 5.75 Å². The van der Waals surface area contributed by atoms with Gasteiger partial charge in [-0.3, -0.25) is 0 Å². The molecule has 2 aromatic carbocycles. The van der Waals surface area contributed by atoms with Crippen LogP contribution < -0.4 is 4.74 Å². The van der Waals surface area contributed by atoms with E-state index in [1.54, 1.807) is 42.1 Å². The summed E-state index contributed by atoms with van der Waals surface area (Å²) in [6.07, 6.45) is -4.06. The first-order valence-electron chi connectivity index (χ1n) is 6.07. The first-order valence-corrected chi connectivity index (χ1v) is 7.30. The molecule has 1 unspecified atom stereocenters. The second-order valence-electron chi connectivity index (χ2n) is 4.26. The molecule has 1 atom stereocenters. The fourth-order valence-corrected chi connectivity index (χ4v) is 2.30. The number of para-hydroxylation sites is 1. The van der Waals surface area contributed by atoms with E-state index >= 15 is 0 Å². The summed E-state index contributed by atoms with van der Waals surface area (Å²) < 4.78 is 41.1. The molecule has 0 fully saturated rings. The highest BCUT2D eigenvalue weighted by atomic mass is 32.2. The van der Waals surface area contributed by atoms with Crippen molar-refractivity contribution >= 4 is 11.8 Å². The maximum Gasteiger partial charge on any atom is 0.573 e. The van der Waals surface area contributed by atoms with Gasteiger partial charge < -0.3 is 9.84 Å². The van der Waals surface area contributed by atoms with Crippen LogP contribution in [0.2, 0.25) is 0 Å². The van der Waals surface area contributed by atoms with E-state index in [2.05, 4.69) is 4.74 Å². The number of alkyl halides is 3. The van der Waals surface area contributed by atoms with Gasteiger partial charge in [-0.05, 0) is 30.0 Å². The number of rotatable bonds is 4. The normalized spacial score (nSPS) is 13.0. The van der Waals surface area contributed by atoms with Gasteiger partial charge in [-0.15, -0.1) is 24.9 Å². The van der Waals surface area contributed by atoms with Crippen LogP contribution in [-0.2, 0) is 0 Å². The molecule has 2 nitrogen and oxygen atoms in total. The Bertz CT molecular complexity index is 597. The number of benzene rings is 2. The molecule has 0 heterocycles. The lowest BCUT2D eigenvalue weighted by atomic mass is 10.0. The number of aliphatic hydroxyl groups is 1. The summed E-state index contributed by atoms with van der Waals surface area (Å²) in [5.41, 5.74) is 0.581. The van der Waals surface area contributed by atoms with Crippen molar-refractivity contribution in [3.05, 3.63) is 59.7 Å². The Morgan fingerprint density at radius 2 is 1.67 bits per heavy atom. The highest BCUT2D eigenvalue weighted by Crippen LogP contribution is 2.33. The van der Waals surface area contributed by atoms with Crippen molar-refractivity contribution in [2.75, 3.05) is 6.26 Å². The minimum atomic E-state index is -4.79. The van der Waals surface area contributed by atoms with Crippen molar-refractivity contribution in [2.24, 2.45) is 0 Å². The quantitative estimate of drug-likeness (QED) is 0.849. The van der Waals surface area contributed by atoms with Gasteiger partial charge in [0.2, 0.25) is 0 Å². The van der Waals surface area contributed by atoms with Crippen molar-refractivity contribution in [1.82, 2.24) is 0 Å². The van der Waals surface area contributed by atoms with Gasteiger partial charge >= 0.3 is 6.36 Å². The van der Waals surface area contributed by atoms with Gasteiger partial charge in [0, 0.05) is 10.5 Å². The molecular weight excluding hydrogens is 301 g/mol. The van der Waals surface area contributed by atoms with Crippen molar-refractivity contribution in [2.45, 2.75) is 17.4 Å². The summed E-state index contributed by atoms with van der Waals surface area (Å²) in [5, 5.41) is 10.3. The number of halogens is 3. The van der Waals surface area contributed by atoms with Crippen molar-refractivity contribution in [1.29, 1.82) is 0 Å². The maximum atomic E-state index is 12.4. The molecule has 0 bridgehead atoms. The smallest absolute Gasteiger partial charge is 0.405 e. The molecule has 0 saturated heterocycles. The van der Waals surface area contributed by atoms with Crippen LogP contribution in [0, 0.1) is 0 Å². The lowest BCUT2D eigenvalue weighted by molar-refractivity contribution is -0.275. The molecule has 0 aliphatic heterocycles. The molecular formula is C15H13F3O2S. The second kappa shape index (κ2) is 6.41. The standard InChI is InChI=1S/C15H13F3O2S/c1-21-11-8-6-10(7-9-11)14(19)12-4-2-3-5-13(12)20-15(16,17)18/h2-9,14,19H,1H3. The molecule has 0 amide bonds. The molecule has 0 spiro atoms. The summed E-state index contributed by atoms with van der Waals surface area (Å²) >= 11 is 1.54. The van der Waals surface area contributed by atoms with Crippen molar-refractivity contribution in [3.8, 4) is 5.75 Å². The highest BCUT2D eigenvalue weighted by molar-refractivity contribution is 7.98. The third-order valence-electron chi connectivity index (χ3n) is 2.87. The Morgan fingerprint density at radius 1 is 1.05 bits per heavy atom. The van der Waals surface area contributed by atoms with E-state index in [4.69, 9.17) is 0 Å². The fourth-order valence-electron chi connectivity index (χ4n) is 1.89. The van der Waals surface area contributed by atoms with E-state index in [0.717, 1.165) is 4.90 Å². The number of ether oxygens (including phenoxy) is 1. The monoisotopic (exact) mass is 314 g/mol. The van der Waals surface area contributed by atoms with Crippen LogP contribution in [0.4, 0.5) is 13.2 Å². The Balaban J connectivity index is 2.31. The van der Waals surface area contributed by atoms with Gasteiger partial charge in [-0.2, -0.15) is 0 Å². The van der Waals surface area contributed by atoms with Gasteiger partial charge in [0.25, 0.3) is 0 Å². The Hall–Kier alpha value is -1.66. The molecule has 0 aliphatic carbocycles. The largest absolute Gasteiger partial charge is 0.573 e. The number of hydrogen-bond acceptors (Lipinski definition) is 3. The summed E-state index contributed by atoms with van der Waals surface area (Å²) in [7, 11) is 0. The van der Waals surface area contributed by atoms with E-state index in [1.165, 1.54) is 18.2 Å². The third kappa shape index (κ3) is 4.15. The van der Waals surface area contributed by atoms with Gasteiger partial charge in [-0.25, -0.2) is 0 Å². The molecule has 0 aromatic heterocycles. The minimum absolute atomic E-state index is 0.0757. The van der Waals surface area contributed by atoms with Crippen LogP contribution in [0.15, 0.2) is 53.4 Å². The van der Waals surface area contributed by atoms with Crippen LogP contribution in [-0.4, -0.2) is 17.7 Å². The van der Waals surface area contributed by atoms with Crippen molar-refractivity contribution in [3.63, 3.8) is 0 Å². The maximum absolute atomic E-state index is 12.4. The average molecular weight is 314 g/mol. The predicted octanol–water partition coefficient (Wildman–Crippen LogP) is 4.39. The number of aliphatic hydroxyl groups excluding tert-OH is 1.